The number of rotatable bonds is 3. The van der Waals surface area contributed by atoms with Gasteiger partial charge in [0.25, 0.3) is 0 Å². The van der Waals surface area contributed by atoms with Gasteiger partial charge in [0.05, 0.1) is 6.07 Å². The Kier molecular flexibility index (Phi) is 2.88. The Labute approximate surface area is 94.1 Å². The molecule has 0 aromatic rings. The molecule has 1 saturated carbocycles. The lowest BCUT2D eigenvalue weighted by atomic mass is 10.2. The van der Waals surface area contributed by atoms with E-state index in [9.17, 15) is 5.26 Å². The van der Waals surface area contributed by atoms with Crippen LogP contribution in [0.4, 0.5) is 0 Å². The third kappa shape index (κ3) is 2.16. The second-order valence-corrected chi connectivity index (χ2v) is 10.6. The van der Waals surface area contributed by atoms with Crippen molar-refractivity contribution in [2.75, 3.05) is 0 Å². The van der Waals surface area contributed by atoms with Gasteiger partial charge in [-0.15, -0.1) is 6.58 Å². The zero-order chi connectivity index (χ0) is 11.9. The van der Waals surface area contributed by atoms with Gasteiger partial charge in [0.1, 0.15) is 0 Å². The van der Waals surface area contributed by atoms with Gasteiger partial charge in [0.2, 0.25) is 0 Å². The average molecular weight is 223 g/mol. The predicted molar refractivity (Wildman–Crippen MR) is 64.9 cm³/mol. The summed E-state index contributed by atoms with van der Waals surface area (Å²) >= 11 is 0. The molecule has 2 atom stereocenters. The number of nitriles is 1. The molecule has 0 bridgehead atoms. The monoisotopic (exact) mass is 223 g/mol. The summed E-state index contributed by atoms with van der Waals surface area (Å²) in [6, 6.07) is 2.32. The van der Waals surface area contributed by atoms with Crippen LogP contribution in [-0.2, 0) is 4.43 Å². The van der Waals surface area contributed by atoms with Crippen LogP contribution in [0.25, 0.3) is 0 Å². The standard InChI is InChI=1S/C12H21NOSi/c1-7-10-8-12(10,9-13)14-15(5,6)11(2,3)4/h7,10H,1,8H2,2-6H3/t10-,12+/m0/s1. The van der Waals surface area contributed by atoms with E-state index in [1.807, 2.05) is 6.08 Å². The first kappa shape index (κ1) is 12.5. The van der Waals surface area contributed by atoms with E-state index in [4.69, 9.17) is 4.43 Å². The molecule has 0 spiro atoms. The van der Waals surface area contributed by atoms with Crippen molar-refractivity contribution in [2.24, 2.45) is 5.92 Å². The lowest BCUT2D eigenvalue weighted by Gasteiger charge is -2.38. The quantitative estimate of drug-likeness (QED) is 0.542. The second-order valence-electron chi connectivity index (χ2n) is 5.91. The molecule has 1 aliphatic carbocycles. The summed E-state index contributed by atoms with van der Waals surface area (Å²) in [5.74, 6) is 0.233. The van der Waals surface area contributed by atoms with Crippen LogP contribution < -0.4 is 0 Å². The highest BCUT2D eigenvalue weighted by Crippen LogP contribution is 2.52. The van der Waals surface area contributed by atoms with Gasteiger partial charge in [-0.3, -0.25) is 0 Å². The molecule has 0 saturated heterocycles. The van der Waals surface area contributed by atoms with E-state index in [1.54, 1.807) is 0 Å². The molecule has 15 heavy (non-hydrogen) atoms. The molecule has 3 heteroatoms. The minimum absolute atomic E-state index is 0.158. The maximum Gasteiger partial charge on any atom is 0.194 e. The summed E-state index contributed by atoms with van der Waals surface area (Å²) in [6.07, 6.45) is 2.66. The van der Waals surface area contributed by atoms with Crippen LogP contribution >= 0.6 is 0 Å². The maximum atomic E-state index is 9.19. The van der Waals surface area contributed by atoms with Crippen LogP contribution in [0.15, 0.2) is 12.7 Å². The lowest BCUT2D eigenvalue weighted by Crippen LogP contribution is -2.45. The van der Waals surface area contributed by atoms with Crippen molar-refractivity contribution in [3.63, 3.8) is 0 Å². The Morgan fingerprint density at radius 1 is 1.53 bits per heavy atom. The Morgan fingerprint density at radius 3 is 2.33 bits per heavy atom. The Bertz CT molecular complexity index is 311. The summed E-state index contributed by atoms with van der Waals surface area (Å²) in [7, 11) is -1.83. The minimum atomic E-state index is -1.83. The van der Waals surface area contributed by atoms with Gasteiger partial charge >= 0.3 is 0 Å². The summed E-state index contributed by atoms with van der Waals surface area (Å²) in [5, 5.41) is 9.34. The van der Waals surface area contributed by atoms with Crippen LogP contribution in [0.3, 0.4) is 0 Å². The highest BCUT2D eigenvalue weighted by molar-refractivity contribution is 6.74. The largest absolute Gasteiger partial charge is 0.399 e. The van der Waals surface area contributed by atoms with Gasteiger partial charge in [0, 0.05) is 5.92 Å². The van der Waals surface area contributed by atoms with E-state index in [2.05, 4.69) is 46.5 Å². The molecule has 0 unspecified atom stereocenters. The maximum absolute atomic E-state index is 9.19. The first-order valence-corrected chi connectivity index (χ1v) is 8.33. The van der Waals surface area contributed by atoms with E-state index >= 15 is 0 Å². The molecule has 0 aromatic carbocycles. The van der Waals surface area contributed by atoms with E-state index in [1.165, 1.54) is 0 Å². The van der Waals surface area contributed by atoms with Gasteiger partial charge in [-0.1, -0.05) is 26.8 Å². The van der Waals surface area contributed by atoms with Gasteiger partial charge in [0.15, 0.2) is 13.9 Å². The van der Waals surface area contributed by atoms with Gasteiger partial charge in [-0.2, -0.15) is 5.26 Å². The zero-order valence-corrected chi connectivity index (χ0v) is 11.4. The third-order valence-electron chi connectivity index (χ3n) is 3.68. The van der Waals surface area contributed by atoms with E-state index in [0.29, 0.717) is 0 Å². The second kappa shape index (κ2) is 3.46. The third-order valence-corrected chi connectivity index (χ3v) is 8.17. The summed E-state index contributed by atoms with van der Waals surface area (Å²) in [4.78, 5) is 0. The number of hydrogen-bond donors (Lipinski definition) is 0. The summed E-state index contributed by atoms with van der Waals surface area (Å²) in [6.45, 7) is 14.7. The molecular weight excluding hydrogens is 202 g/mol. The van der Waals surface area contributed by atoms with Crippen molar-refractivity contribution in [1.29, 1.82) is 5.26 Å². The van der Waals surface area contributed by atoms with Crippen molar-refractivity contribution >= 4 is 8.32 Å². The summed E-state index contributed by atoms with van der Waals surface area (Å²) < 4.78 is 6.16. The Balaban J connectivity index is 2.79. The zero-order valence-electron chi connectivity index (χ0n) is 10.4. The lowest BCUT2D eigenvalue weighted by molar-refractivity contribution is 0.202. The first-order chi connectivity index (χ1) is 6.68. The molecule has 1 aliphatic rings. The molecule has 2 nitrogen and oxygen atoms in total. The number of hydrogen-bond acceptors (Lipinski definition) is 2. The van der Waals surface area contributed by atoms with E-state index in [0.717, 1.165) is 6.42 Å². The predicted octanol–water partition coefficient (Wildman–Crippen LogP) is 3.48. The van der Waals surface area contributed by atoms with Gasteiger partial charge in [-0.25, -0.2) is 0 Å². The molecular formula is C12H21NOSi. The highest BCUT2D eigenvalue weighted by Gasteiger charge is 2.58. The van der Waals surface area contributed by atoms with Crippen LogP contribution in [0.5, 0.6) is 0 Å². The van der Waals surface area contributed by atoms with Crippen LogP contribution in [0.1, 0.15) is 27.2 Å². The molecule has 1 fully saturated rings. The van der Waals surface area contributed by atoms with Crippen LogP contribution in [0, 0.1) is 17.2 Å². The topological polar surface area (TPSA) is 33.0 Å². The van der Waals surface area contributed by atoms with Crippen molar-refractivity contribution in [3.8, 4) is 6.07 Å². The normalized spacial score (nSPS) is 30.8. The van der Waals surface area contributed by atoms with Crippen LogP contribution in [-0.4, -0.2) is 13.9 Å². The number of nitrogens with zero attached hydrogens (tertiary/aromatic N) is 1. The van der Waals surface area contributed by atoms with E-state index < -0.39 is 13.9 Å². The smallest absolute Gasteiger partial charge is 0.194 e. The first-order valence-electron chi connectivity index (χ1n) is 5.42. The van der Waals surface area contributed by atoms with E-state index in [-0.39, 0.29) is 11.0 Å². The van der Waals surface area contributed by atoms with Gasteiger partial charge in [-0.05, 0) is 24.6 Å². The van der Waals surface area contributed by atoms with Crippen molar-refractivity contribution in [2.45, 2.75) is 50.9 Å². The fraction of sp³-hybridized carbons (Fsp3) is 0.750. The van der Waals surface area contributed by atoms with Crippen molar-refractivity contribution in [1.82, 2.24) is 0 Å². The fourth-order valence-electron chi connectivity index (χ4n) is 1.42. The van der Waals surface area contributed by atoms with Crippen molar-refractivity contribution in [3.05, 3.63) is 12.7 Å². The highest BCUT2D eigenvalue weighted by atomic mass is 28.4. The Morgan fingerprint density at radius 2 is 2.07 bits per heavy atom. The molecule has 0 aromatic heterocycles. The average Bonchev–Trinajstić information content (AvgIpc) is 2.76. The minimum Gasteiger partial charge on any atom is -0.399 e. The SMILES string of the molecule is C=C[C@H]1C[C@]1(C#N)O[Si](C)(C)C(C)(C)C. The fourth-order valence-corrected chi connectivity index (χ4v) is 2.92. The Hall–Kier alpha value is -0.593. The van der Waals surface area contributed by atoms with Crippen LogP contribution in [0.2, 0.25) is 18.1 Å². The van der Waals surface area contributed by atoms with Gasteiger partial charge < -0.3 is 4.43 Å². The van der Waals surface area contributed by atoms with Crippen molar-refractivity contribution < 1.29 is 4.43 Å². The molecule has 0 N–H and O–H groups in total. The molecule has 0 aliphatic heterocycles. The molecule has 1 rings (SSSR count). The molecule has 0 heterocycles. The molecule has 0 radical (unpaired) electrons. The molecule has 84 valence electrons. The molecule has 0 amide bonds. The summed E-state index contributed by atoms with van der Waals surface area (Å²) in [5.41, 5.74) is -0.551.